The molecule has 162 valence electrons. The topological polar surface area (TPSA) is 112 Å². The van der Waals surface area contributed by atoms with Crippen LogP contribution in [-0.2, 0) is 9.84 Å². The quantitative estimate of drug-likeness (QED) is 0.511. The van der Waals surface area contributed by atoms with Crippen molar-refractivity contribution in [2.75, 3.05) is 18.2 Å². The molecule has 1 fully saturated rings. The van der Waals surface area contributed by atoms with Gasteiger partial charge < -0.3 is 15.3 Å². The average molecular weight is 453 g/mol. The highest BCUT2D eigenvalue weighted by atomic mass is 35.5. The summed E-state index contributed by atoms with van der Waals surface area (Å²) in [5.41, 5.74) is 0.748. The largest absolute Gasteiger partial charge is 0.373 e. The number of benzene rings is 1. The normalized spacial score (nSPS) is 16.1. The Morgan fingerprint density at radius 1 is 1.27 bits per heavy atom. The highest BCUT2D eigenvalue weighted by Gasteiger charge is 2.24. The van der Waals surface area contributed by atoms with E-state index in [-0.39, 0.29) is 27.5 Å². The predicted octanol–water partition coefficient (Wildman–Crippen LogP) is 2.93. The van der Waals surface area contributed by atoms with Crippen molar-refractivity contribution in [1.29, 1.82) is 0 Å². The lowest BCUT2D eigenvalue weighted by Gasteiger charge is -2.27. The Morgan fingerprint density at radius 3 is 2.63 bits per heavy atom. The molecule has 1 heterocycles. The van der Waals surface area contributed by atoms with Crippen LogP contribution in [0.25, 0.3) is 0 Å². The maximum absolute atomic E-state index is 12.7. The van der Waals surface area contributed by atoms with Gasteiger partial charge in [0, 0.05) is 31.1 Å². The van der Waals surface area contributed by atoms with Gasteiger partial charge in [0.15, 0.2) is 14.9 Å². The first kappa shape index (κ1) is 22.5. The lowest BCUT2D eigenvalue weighted by molar-refractivity contribution is 0.0463. The molecule has 1 atom stereocenters. The number of sulfone groups is 1. The minimum atomic E-state index is -3.48. The second-order valence-corrected chi connectivity index (χ2v) is 9.88. The zero-order valence-corrected chi connectivity index (χ0v) is 18.4. The van der Waals surface area contributed by atoms with E-state index in [2.05, 4.69) is 15.3 Å². The molecular formula is C20H25ClN4O4S. The molecule has 0 radical (unpaired) electrons. The fraction of sp³-hybridized carbons (Fsp3) is 0.450. The predicted molar refractivity (Wildman–Crippen MR) is 115 cm³/mol. The molecule has 0 bridgehead atoms. The van der Waals surface area contributed by atoms with Crippen LogP contribution >= 0.6 is 11.6 Å². The van der Waals surface area contributed by atoms with Gasteiger partial charge in [-0.3, -0.25) is 4.79 Å². The Hall–Kier alpha value is -2.23. The first-order valence-corrected chi connectivity index (χ1v) is 12.0. The highest BCUT2D eigenvalue weighted by Crippen LogP contribution is 2.28. The van der Waals surface area contributed by atoms with Gasteiger partial charge >= 0.3 is 0 Å². The second-order valence-electron chi connectivity index (χ2n) is 7.51. The summed E-state index contributed by atoms with van der Waals surface area (Å²) in [5, 5.41) is 13.2. The molecule has 0 spiro atoms. The number of halogens is 1. The maximum Gasteiger partial charge on any atom is 0.254 e. The van der Waals surface area contributed by atoms with Crippen molar-refractivity contribution in [3.63, 3.8) is 0 Å². The molecule has 1 amide bonds. The Morgan fingerprint density at radius 2 is 1.97 bits per heavy atom. The lowest BCUT2D eigenvalue weighted by atomic mass is 9.88. The number of carbonyl (C=O) groups is 1. The first-order valence-electron chi connectivity index (χ1n) is 9.72. The Balaban J connectivity index is 1.81. The molecule has 1 aliphatic carbocycles. The van der Waals surface area contributed by atoms with Crippen molar-refractivity contribution in [2.45, 2.75) is 43.4 Å². The van der Waals surface area contributed by atoms with Gasteiger partial charge in [-0.15, -0.1) is 0 Å². The summed E-state index contributed by atoms with van der Waals surface area (Å²) in [6.07, 6.45) is 6.51. The molecule has 1 aromatic heterocycles. The molecule has 1 aromatic carbocycles. The van der Waals surface area contributed by atoms with Gasteiger partial charge in [0.25, 0.3) is 5.91 Å². The number of carbonyl (C=O) groups excluding carboxylic acids is 1. The van der Waals surface area contributed by atoms with Crippen LogP contribution in [0.5, 0.6) is 0 Å². The maximum atomic E-state index is 12.7. The van der Waals surface area contributed by atoms with E-state index in [0.717, 1.165) is 38.4 Å². The highest BCUT2D eigenvalue weighted by molar-refractivity contribution is 7.90. The van der Waals surface area contributed by atoms with Gasteiger partial charge in [0.05, 0.1) is 10.6 Å². The number of anilines is 2. The summed E-state index contributed by atoms with van der Waals surface area (Å²) < 4.78 is 23.5. The van der Waals surface area contributed by atoms with Crippen LogP contribution in [0.15, 0.2) is 35.5 Å². The van der Waals surface area contributed by atoms with Crippen LogP contribution in [0.1, 0.15) is 42.5 Å². The molecule has 8 nitrogen and oxygen atoms in total. The van der Waals surface area contributed by atoms with E-state index in [1.807, 2.05) is 0 Å². The molecular weight excluding hydrogens is 428 g/mol. The summed E-state index contributed by atoms with van der Waals surface area (Å²) in [6, 6.07) is 6.12. The number of aliphatic hydroxyl groups is 1. The second kappa shape index (κ2) is 9.28. The van der Waals surface area contributed by atoms with E-state index in [9.17, 15) is 18.3 Å². The molecule has 0 aliphatic heterocycles. The third kappa shape index (κ3) is 5.27. The molecule has 10 heteroatoms. The van der Waals surface area contributed by atoms with E-state index in [1.54, 1.807) is 30.1 Å². The van der Waals surface area contributed by atoms with Crippen LogP contribution in [-0.4, -0.2) is 48.9 Å². The van der Waals surface area contributed by atoms with Gasteiger partial charge in [-0.2, -0.15) is 0 Å². The van der Waals surface area contributed by atoms with Crippen molar-refractivity contribution in [1.82, 2.24) is 15.3 Å². The van der Waals surface area contributed by atoms with Gasteiger partial charge in [0.1, 0.15) is 6.23 Å². The zero-order chi connectivity index (χ0) is 21.9. The van der Waals surface area contributed by atoms with Crippen molar-refractivity contribution in [2.24, 2.45) is 5.92 Å². The van der Waals surface area contributed by atoms with Crippen LogP contribution in [0, 0.1) is 5.92 Å². The van der Waals surface area contributed by atoms with Crippen molar-refractivity contribution in [3.05, 3.63) is 41.0 Å². The van der Waals surface area contributed by atoms with Crippen LogP contribution < -0.4 is 10.2 Å². The minimum Gasteiger partial charge on any atom is -0.373 e. The molecule has 2 N–H and O–H groups in total. The summed E-state index contributed by atoms with van der Waals surface area (Å²) in [5.74, 6) is -0.271. The fourth-order valence-corrected chi connectivity index (χ4v) is 4.25. The van der Waals surface area contributed by atoms with Crippen molar-refractivity contribution < 1.29 is 18.3 Å². The SMILES string of the molecule is CN(c1ccc(Cl)c(C(=O)NC(O)C2CCCCC2)c1)c1nccc(S(C)(=O)=O)n1. The molecule has 0 saturated heterocycles. The zero-order valence-electron chi connectivity index (χ0n) is 16.9. The van der Waals surface area contributed by atoms with Crippen molar-refractivity contribution in [3.8, 4) is 0 Å². The standard InChI is InChI=1S/C20H25ClN4O4S/c1-25(20-22-11-10-17(23-20)30(2,28)29)14-8-9-16(21)15(12-14)19(27)24-18(26)13-6-4-3-5-7-13/h8-13,18,26H,3-7H2,1-2H3,(H,24,27). The van der Waals surface area contributed by atoms with Gasteiger partial charge in [-0.25, -0.2) is 18.4 Å². The number of nitrogens with zero attached hydrogens (tertiary/aromatic N) is 3. The average Bonchev–Trinajstić information content (AvgIpc) is 2.73. The van der Waals surface area contributed by atoms with Crippen LogP contribution in [0.2, 0.25) is 5.02 Å². The number of rotatable bonds is 6. The molecule has 2 aromatic rings. The van der Waals surface area contributed by atoms with Crippen LogP contribution in [0.4, 0.5) is 11.6 Å². The Bertz CT molecular complexity index is 1030. The number of hydrogen-bond acceptors (Lipinski definition) is 7. The third-order valence-corrected chi connectivity index (χ3v) is 6.57. The molecule has 30 heavy (non-hydrogen) atoms. The summed E-state index contributed by atoms with van der Waals surface area (Å²) >= 11 is 6.22. The molecule has 1 unspecified atom stereocenters. The van der Waals surface area contributed by atoms with Gasteiger partial charge in [-0.05, 0) is 37.1 Å². The summed E-state index contributed by atoms with van der Waals surface area (Å²) in [7, 11) is -1.83. The monoisotopic (exact) mass is 452 g/mol. The third-order valence-electron chi connectivity index (χ3n) is 5.25. The number of aromatic nitrogens is 2. The number of aliphatic hydroxyl groups excluding tert-OH is 1. The fourth-order valence-electron chi connectivity index (χ4n) is 3.49. The van der Waals surface area contributed by atoms with Gasteiger partial charge in [-0.1, -0.05) is 30.9 Å². The number of nitrogens with one attached hydrogen (secondary N) is 1. The van der Waals surface area contributed by atoms with Crippen LogP contribution in [0.3, 0.4) is 0 Å². The van der Waals surface area contributed by atoms with E-state index >= 15 is 0 Å². The Labute approximate surface area is 181 Å². The molecule has 1 saturated carbocycles. The van der Waals surface area contributed by atoms with Crippen molar-refractivity contribution >= 4 is 39.0 Å². The van der Waals surface area contributed by atoms with E-state index < -0.39 is 22.0 Å². The smallest absolute Gasteiger partial charge is 0.254 e. The summed E-state index contributed by atoms with van der Waals surface area (Å²) in [4.78, 5) is 22.5. The van der Waals surface area contributed by atoms with E-state index in [4.69, 9.17) is 11.6 Å². The Kier molecular flexibility index (Phi) is 6.95. The van der Waals surface area contributed by atoms with Gasteiger partial charge in [0.2, 0.25) is 5.95 Å². The molecule has 3 rings (SSSR count). The minimum absolute atomic E-state index is 0.0412. The summed E-state index contributed by atoms with van der Waals surface area (Å²) in [6.45, 7) is 0. The van der Waals surface area contributed by atoms with E-state index in [1.165, 1.54) is 12.3 Å². The number of amides is 1. The van der Waals surface area contributed by atoms with E-state index in [0.29, 0.717) is 5.69 Å². The number of hydrogen-bond donors (Lipinski definition) is 2. The molecule has 1 aliphatic rings. The first-order chi connectivity index (χ1) is 14.2. The lowest BCUT2D eigenvalue weighted by Crippen LogP contribution is -2.41.